The van der Waals surface area contributed by atoms with Crippen molar-refractivity contribution in [2.45, 2.75) is 129 Å². The number of rotatable bonds is 25. The van der Waals surface area contributed by atoms with Crippen LogP contribution in [0.5, 0.6) is 11.5 Å². The molecule has 2 N–H and O–H groups in total. The summed E-state index contributed by atoms with van der Waals surface area (Å²) in [6.45, 7) is 4.67. The number of aromatic carboxylic acids is 2. The number of unbranched alkanes of at least 4 members (excludes halogenated alkanes) is 14. The second-order valence-corrected chi connectivity index (χ2v) is 11.4. The van der Waals surface area contributed by atoms with Crippen molar-refractivity contribution in [3.05, 3.63) is 58.7 Å². The topological polar surface area (TPSA) is 93.1 Å². The van der Waals surface area contributed by atoms with Crippen LogP contribution in [0.4, 0.5) is 0 Å². The predicted molar refractivity (Wildman–Crippen MR) is 170 cm³/mol. The van der Waals surface area contributed by atoms with Crippen molar-refractivity contribution in [3.63, 3.8) is 0 Å². The molecular weight excluding hydrogens is 528 g/mol. The molecule has 0 aromatic heterocycles. The van der Waals surface area contributed by atoms with Crippen molar-refractivity contribution >= 4 is 11.9 Å². The molecule has 0 aliphatic carbocycles. The Morgan fingerprint density at radius 1 is 0.524 bits per heavy atom. The molecule has 6 heteroatoms. The van der Waals surface area contributed by atoms with Crippen LogP contribution in [0, 0.1) is 0 Å². The minimum absolute atomic E-state index is 0.108. The Bertz CT molecular complexity index is 964. The molecule has 2 aromatic rings. The molecule has 0 bridgehead atoms. The van der Waals surface area contributed by atoms with Gasteiger partial charge in [-0.3, -0.25) is 0 Å². The van der Waals surface area contributed by atoms with Crippen LogP contribution in [-0.4, -0.2) is 35.4 Å². The number of hydrogen-bond donors (Lipinski definition) is 2. The maximum Gasteiger partial charge on any atom is 0.339 e. The van der Waals surface area contributed by atoms with E-state index in [1.807, 2.05) is 12.1 Å². The molecule has 0 saturated heterocycles. The molecule has 0 unspecified atom stereocenters. The fraction of sp³-hybridized carbons (Fsp3) is 0.611. The molecule has 0 spiro atoms. The Balaban J connectivity index is 1.78. The molecule has 6 nitrogen and oxygen atoms in total. The van der Waals surface area contributed by atoms with E-state index >= 15 is 0 Å². The first-order valence-corrected chi connectivity index (χ1v) is 16.4. The van der Waals surface area contributed by atoms with Gasteiger partial charge in [-0.1, -0.05) is 116 Å². The Labute approximate surface area is 253 Å². The zero-order chi connectivity index (χ0) is 30.4. The lowest BCUT2D eigenvalue weighted by atomic mass is 10.0. The summed E-state index contributed by atoms with van der Waals surface area (Å²) >= 11 is 0. The van der Waals surface area contributed by atoms with Crippen LogP contribution in [0.15, 0.2) is 36.4 Å². The highest BCUT2D eigenvalue weighted by Crippen LogP contribution is 2.24. The van der Waals surface area contributed by atoms with Crippen LogP contribution in [0.2, 0.25) is 0 Å². The fourth-order valence-electron chi connectivity index (χ4n) is 5.28. The number of carboxylic acids is 2. The molecule has 0 amide bonds. The first-order chi connectivity index (χ1) is 20.5. The van der Waals surface area contributed by atoms with Gasteiger partial charge in [-0.2, -0.15) is 0 Å². The van der Waals surface area contributed by atoms with Gasteiger partial charge in [0.1, 0.15) is 35.8 Å². The molecule has 42 heavy (non-hydrogen) atoms. The number of hydrogen-bond acceptors (Lipinski definition) is 4. The number of carbonyl (C=O) groups is 2. The summed E-state index contributed by atoms with van der Waals surface area (Å²) < 4.78 is 11.5. The highest BCUT2D eigenvalue weighted by Gasteiger charge is 2.15. The van der Waals surface area contributed by atoms with E-state index in [-0.39, 0.29) is 24.3 Å². The molecule has 0 saturated carbocycles. The van der Waals surface area contributed by atoms with Crippen LogP contribution < -0.4 is 9.47 Å². The number of aryl methyl sites for hydroxylation is 2. The standard InChI is InChI=1S/C36H54O6/c1-3-5-7-9-11-13-15-17-19-29-21-23-33(31(27-29)35(37)38)41-25-26-42-34-24-22-30(28-32(34)36(39)40)20-18-16-14-12-10-8-6-4-2/h21-24,27-28H,3-20,25-26H2,1-2H3,(H,37,38)(H,39,40). The second-order valence-electron chi connectivity index (χ2n) is 11.4. The van der Waals surface area contributed by atoms with Crippen LogP contribution in [0.3, 0.4) is 0 Å². The molecular formula is C36H54O6. The average molecular weight is 583 g/mol. The van der Waals surface area contributed by atoms with E-state index in [1.165, 1.54) is 77.0 Å². The van der Waals surface area contributed by atoms with E-state index in [0.29, 0.717) is 11.5 Å². The van der Waals surface area contributed by atoms with Gasteiger partial charge in [-0.15, -0.1) is 0 Å². The van der Waals surface area contributed by atoms with E-state index in [1.54, 1.807) is 24.3 Å². The van der Waals surface area contributed by atoms with E-state index < -0.39 is 11.9 Å². The first-order valence-electron chi connectivity index (χ1n) is 16.4. The Hall–Kier alpha value is -3.02. The maximum absolute atomic E-state index is 11.9. The van der Waals surface area contributed by atoms with Crippen LogP contribution in [0.25, 0.3) is 0 Å². The molecule has 2 rings (SSSR count). The van der Waals surface area contributed by atoms with Crippen molar-refractivity contribution in [1.29, 1.82) is 0 Å². The van der Waals surface area contributed by atoms with E-state index in [2.05, 4.69) is 13.8 Å². The zero-order valence-electron chi connectivity index (χ0n) is 26.1. The highest BCUT2D eigenvalue weighted by atomic mass is 16.5. The normalized spacial score (nSPS) is 11.0. The van der Waals surface area contributed by atoms with Gasteiger partial charge in [0.05, 0.1) is 0 Å². The summed E-state index contributed by atoms with van der Waals surface area (Å²) in [6.07, 6.45) is 21.5. The lowest BCUT2D eigenvalue weighted by Gasteiger charge is -2.13. The van der Waals surface area contributed by atoms with Gasteiger partial charge < -0.3 is 19.7 Å². The summed E-state index contributed by atoms with van der Waals surface area (Å²) in [6, 6.07) is 10.7. The summed E-state index contributed by atoms with van der Waals surface area (Å²) in [5, 5.41) is 19.4. The zero-order valence-corrected chi connectivity index (χ0v) is 26.1. The van der Waals surface area contributed by atoms with Crippen LogP contribution >= 0.6 is 0 Å². The smallest absolute Gasteiger partial charge is 0.339 e. The van der Waals surface area contributed by atoms with E-state index in [4.69, 9.17) is 9.47 Å². The molecule has 0 atom stereocenters. The Morgan fingerprint density at radius 3 is 1.19 bits per heavy atom. The summed E-state index contributed by atoms with van der Waals surface area (Å²) in [4.78, 5) is 23.7. The largest absolute Gasteiger partial charge is 0.489 e. The first kappa shape index (κ1) is 35.2. The highest BCUT2D eigenvalue weighted by molar-refractivity contribution is 5.91. The third-order valence-corrected chi connectivity index (χ3v) is 7.79. The maximum atomic E-state index is 11.9. The summed E-state index contributed by atoms with van der Waals surface area (Å²) in [7, 11) is 0. The summed E-state index contributed by atoms with van der Waals surface area (Å²) in [5.74, 6) is -1.46. The van der Waals surface area contributed by atoms with Gasteiger partial charge in [-0.05, 0) is 61.1 Å². The SMILES string of the molecule is CCCCCCCCCCc1ccc(OCCOc2ccc(CCCCCCCCCC)cc2C(=O)O)c(C(=O)O)c1. The lowest BCUT2D eigenvalue weighted by Crippen LogP contribution is -2.13. The fourth-order valence-corrected chi connectivity index (χ4v) is 5.28. The third kappa shape index (κ3) is 14.2. The molecule has 0 radical (unpaired) electrons. The number of carboxylic acid groups (broad SMARTS) is 2. The van der Waals surface area contributed by atoms with E-state index in [9.17, 15) is 19.8 Å². The molecule has 0 aliphatic rings. The predicted octanol–water partition coefficient (Wildman–Crippen LogP) is 9.91. The second kappa shape index (κ2) is 21.6. The van der Waals surface area contributed by atoms with Crippen molar-refractivity contribution < 1.29 is 29.3 Å². The van der Waals surface area contributed by atoms with Crippen molar-refractivity contribution in [2.75, 3.05) is 13.2 Å². The minimum Gasteiger partial charge on any atom is -0.489 e. The van der Waals surface area contributed by atoms with E-state index in [0.717, 1.165) is 49.7 Å². The lowest BCUT2D eigenvalue weighted by molar-refractivity contribution is 0.0677. The van der Waals surface area contributed by atoms with Crippen LogP contribution in [-0.2, 0) is 12.8 Å². The minimum atomic E-state index is -1.02. The Kier molecular flexibility index (Phi) is 18.1. The van der Waals surface area contributed by atoms with Crippen LogP contribution in [0.1, 0.15) is 148 Å². The van der Waals surface area contributed by atoms with Gasteiger partial charge >= 0.3 is 11.9 Å². The number of benzene rings is 2. The number of ether oxygens (including phenoxy) is 2. The van der Waals surface area contributed by atoms with Gasteiger partial charge in [0.2, 0.25) is 0 Å². The quantitative estimate of drug-likeness (QED) is 0.113. The third-order valence-electron chi connectivity index (χ3n) is 7.79. The van der Waals surface area contributed by atoms with Gasteiger partial charge in [0.15, 0.2) is 0 Å². The molecule has 0 heterocycles. The molecule has 0 fully saturated rings. The summed E-state index contributed by atoms with van der Waals surface area (Å²) in [5.41, 5.74) is 2.28. The van der Waals surface area contributed by atoms with Crippen molar-refractivity contribution in [1.82, 2.24) is 0 Å². The van der Waals surface area contributed by atoms with Gasteiger partial charge in [0.25, 0.3) is 0 Å². The average Bonchev–Trinajstić information content (AvgIpc) is 2.98. The van der Waals surface area contributed by atoms with Crippen molar-refractivity contribution in [3.8, 4) is 11.5 Å². The molecule has 234 valence electrons. The van der Waals surface area contributed by atoms with Gasteiger partial charge in [-0.25, -0.2) is 9.59 Å². The Morgan fingerprint density at radius 2 is 0.857 bits per heavy atom. The van der Waals surface area contributed by atoms with Gasteiger partial charge in [0, 0.05) is 0 Å². The molecule has 0 aliphatic heterocycles. The monoisotopic (exact) mass is 582 g/mol. The molecule has 2 aromatic carbocycles. The van der Waals surface area contributed by atoms with Crippen molar-refractivity contribution in [2.24, 2.45) is 0 Å².